The SMILES string of the molecule is CN(C)S(=O)(=O)c1ccccc1CNC(=O)CN1CCN(c2cccc(C(F)(F)F)c2)CC1. The Bertz CT molecular complexity index is 1080. The van der Waals surface area contributed by atoms with Crippen LogP contribution < -0.4 is 10.2 Å². The lowest BCUT2D eigenvalue weighted by Crippen LogP contribution is -2.49. The number of nitrogens with one attached hydrogen (secondary N) is 1. The molecule has 1 heterocycles. The molecule has 1 aliphatic rings. The van der Waals surface area contributed by atoms with Gasteiger partial charge in [0, 0.05) is 52.5 Å². The second kappa shape index (κ2) is 10.1. The number of benzene rings is 2. The molecule has 1 fully saturated rings. The van der Waals surface area contributed by atoms with Crippen molar-refractivity contribution in [2.75, 3.05) is 51.7 Å². The van der Waals surface area contributed by atoms with Gasteiger partial charge in [-0.2, -0.15) is 13.2 Å². The zero-order valence-corrected chi connectivity index (χ0v) is 19.3. The number of alkyl halides is 3. The first-order valence-corrected chi connectivity index (χ1v) is 11.8. The van der Waals surface area contributed by atoms with Gasteiger partial charge in [0.05, 0.1) is 17.0 Å². The van der Waals surface area contributed by atoms with E-state index in [0.29, 0.717) is 37.4 Å². The van der Waals surface area contributed by atoms with E-state index in [1.54, 1.807) is 24.3 Å². The van der Waals surface area contributed by atoms with Crippen molar-refractivity contribution < 1.29 is 26.4 Å². The molecule has 1 saturated heterocycles. The number of nitrogens with zero attached hydrogens (tertiary/aromatic N) is 3. The van der Waals surface area contributed by atoms with Crippen molar-refractivity contribution in [1.29, 1.82) is 0 Å². The topological polar surface area (TPSA) is 73.0 Å². The third-order valence-electron chi connectivity index (χ3n) is 5.49. The molecule has 0 aliphatic carbocycles. The van der Waals surface area contributed by atoms with Crippen molar-refractivity contribution >= 4 is 21.6 Å². The lowest BCUT2D eigenvalue weighted by molar-refractivity contribution is -0.137. The van der Waals surface area contributed by atoms with Crippen LogP contribution in [0.5, 0.6) is 0 Å². The van der Waals surface area contributed by atoms with Gasteiger partial charge in [-0.15, -0.1) is 0 Å². The minimum atomic E-state index is -4.39. The number of carbonyl (C=O) groups excluding carboxylic acids is 1. The van der Waals surface area contributed by atoms with E-state index < -0.39 is 21.8 Å². The van der Waals surface area contributed by atoms with Crippen LogP contribution in [0.3, 0.4) is 0 Å². The normalized spacial score (nSPS) is 15.6. The Balaban J connectivity index is 1.53. The van der Waals surface area contributed by atoms with E-state index in [4.69, 9.17) is 0 Å². The summed E-state index contributed by atoms with van der Waals surface area (Å²) in [6.07, 6.45) is -4.39. The average Bonchev–Trinajstić information content (AvgIpc) is 2.78. The molecule has 180 valence electrons. The maximum Gasteiger partial charge on any atom is 0.416 e. The minimum Gasteiger partial charge on any atom is -0.369 e. The highest BCUT2D eigenvalue weighted by Crippen LogP contribution is 2.31. The summed E-state index contributed by atoms with van der Waals surface area (Å²) in [7, 11) is -0.736. The Morgan fingerprint density at radius 3 is 2.33 bits per heavy atom. The summed E-state index contributed by atoms with van der Waals surface area (Å²) in [5, 5.41) is 2.76. The first kappa shape index (κ1) is 25.0. The Kier molecular flexibility index (Phi) is 7.65. The molecule has 7 nitrogen and oxygen atoms in total. The highest BCUT2D eigenvalue weighted by atomic mass is 32.2. The van der Waals surface area contributed by atoms with Gasteiger partial charge in [-0.1, -0.05) is 24.3 Å². The van der Waals surface area contributed by atoms with Crippen LogP contribution in [-0.2, 0) is 27.5 Å². The molecule has 0 bridgehead atoms. The number of hydrogen-bond donors (Lipinski definition) is 1. The van der Waals surface area contributed by atoms with Crippen molar-refractivity contribution in [3.8, 4) is 0 Å². The number of sulfonamides is 1. The van der Waals surface area contributed by atoms with E-state index in [1.165, 1.54) is 26.2 Å². The molecule has 2 aromatic rings. The first-order chi connectivity index (χ1) is 15.5. The molecular weight excluding hydrogens is 457 g/mol. The molecule has 1 amide bonds. The summed E-state index contributed by atoms with van der Waals surface area (Å²) in [4.78, 5) is 16.4. The minimum absolute atomic E-state index is 0.0757. The van der Waals surface area contributed by atoms with Gasteiger partial charge < -0.3 is 10.2 Å². The number of rotatable bonds is 7. The molecule has 1 N–H and O–H groups in total. The predicted molar refractivity (Wildman–Crippen MR) is 119 cm³/mol. The van der Waals surface area contributed by atoms with Crippen LogP contribution in [0.4, 0.5) is 18.9 Å². The van der Waals surface area contributed by atoms with E-state index >= 15 is 0 Å². The van der Waals surface area contributed by atoms with Crippen LogP contribution >= 0.6 is 0 Å². The number of amides is 1. The van der Waals surface area contributed by atoms with Gasteiger partial charge >= 0.3 is 6.18 Å². The molecule has 1 aliphatic heterocycles. The largest absolute Gasteiger partial charge is 0.416 e. The van der Waals surface area contributed by atoms with Gasteiger partial charge in [0.15, 0.2) is 0 Å². The summed E-state index contributed by atoms with van der Waals surface area (Å²) in [5.74, 6) is -0.250. The lowest BCUT2D eigenvalue weighted by atomic mass is 10.1. The number of halogens is 3. The second-order valence-corrected chi connectivity index (χ2v) is 10.1. The Morgan fingerprint density at radius 1 is 1.03 bits per heavy atom. The molecule has 33 heavy (non-hydrogen) atoms. The summed E-state index contributed by atoms with van der Waals surface area (Å²) >= 11 is 0. The fraction of sp³-hybridized carbons (Fsp3) is 0.409. The molecule has 2 aromatic carbocycles. The number of anilines is 1. The molecular formula is C22H27F3N4O3S. The maximum atomic E-state index is 13.0. The predicted octanol–water partition coefficient (Wildman–Crippen LogP) is 2.39. The van der Waals surface area contributed by atoms with Gasteiger partial charge in [-0.25, -0.2) is 12.7 Å². The Hall–Kier alpha value is -2.63. The van der Waals surface area contributed by atoms with Gasteiger partial charge in [0.25, 0.3) is 0 Å². The monoisotopic (exact) mass is 484 g/mol. The van der Waals surface area contributed by atoms with E-state index in [2.05, 4.69) is 5.32 Å². The molecule has 0 radical (unpaired) electrons. The Labute approximate surface area is 191 Å². The molecule has 0 atom stereocenters. The maximum absolute atomic E-state index is 13.0. The van der Waals surface area contributed by atoms with Crippen LogP contribution in [0.15, 0.2) is 53.4 Å². The summed E-state index contributed by atoms with van der Waals surface area (Å²) in [6.45, 7) is 2.24. The average molecular weight is 485 g/mol. The van der Waals surface area contributed by atoms with Gasteiger partial charge in [0.2, 0.25) is 15.9 Å². The highest BCUT2D eigenvalue weighted by molar-refractivity contribution is 7.89. The van der Waals surface area contributed by atoms with E-state index in [1.807, 2.05) is 9.80 Å². The Morgan fingerprint density at radius 2 is 1.70 bits per heavy atom. The van der Waals surface area contributed by atoms with E-state index in [0.717, 1.165) is 16.4 Å². The van der Waals surface area contributed by atoms with Crippen LogP contribution in [0.2, 0.25) is 0 Å². The van der Waals surface area contributed by atoms with Crippen molar-refractivity contribution in [2.24, 2.45) is 0 Å². The van der Waals surface area contributed by atoms with Crippen molar-refractivity contribution in [3.63, 3.8) is 0 Å². The quantitative estimate of drug-likeness (QED) is 0.654. The second-order valence-electron chi connectivity index (χ2n) is 7.98. The molecule has 0 unspecified atom stereocenters. The van der Waals surface area contributed by atoms with Gasteiger partial charge in [0.1, 0.15) is 0 Å². The number of piperazine rings is 1. The van der Waals surface area contributed by atoms with Crippen LogP contribution in [0, 0.1) is 0 Å². The zero-order chi connectivity index (χ0) is 24.2. The van der Waals surface area contributed by atoms with Crippen molar-refractivity contribution in [3.05, 3.63) is 59.7 Å². The highest BCUT2D eigenvalue weighted by Gasteiger charge is 2.31. The van der Waals surface area contributed by atoms with E-state index in [-0.39, 0.29) is 23.9 Å². The van der Waals surface area contributed by atoms with Crippen LogP contribution in [0.25, 0.3) is 0 Å². The third-order valence-corrected chi connectivity index (χ3v) is 7.40. The fourth-order valence-corrected chi connectivity index (χ4v) is 4.71. The summed E-state index contributed by atoms with van der Waals surface area (Å²) < 4.78 is 64.9. The zero-order valence-electron chi connectivity index (χ0n) is 18.5. The fourth-order valence-electron chi connectivity index (χ4n) is 3.59. The van der Waals surface area contributed by atoms with Crippen LogP contribution in [-0.4, -0.2) is 70.3 Å². The standard InChI is InChI=1S/C22H27F3N4O3S/c1-27(2)33(31,32)20-9-4-3-6-17(20)15-26-21(30)16-28-10-12-29(13-11-28)19-8-5-7-18(14-19)22(23,24)25/h3-9,14H,10-13,15-16H2,1-2H3,(H,26,30). The molecule has 3 rings (SSSR count). The van der Waals surface area contributed by atoms with Crippen molar-refractivity contribution in [1.82, 2.24) is 14.5 Å². The molecule has 11 heteroatoms. The smallest absolute Gasteiger partial charge is 0.369 e. The van der Waals surface area contributed by atoms with Crippen LogP contribution in [0.1, 0.15) is 11.1 Å². The summed E-state index contributed by atoms with van der Waals surface area (Å²) in [6, 6.07) is 11.7. The van der Waals surface area contributed by atoms with E-state index in [9.17, 15) is 26.4 Å². The third kappa shape index (κ3) is 6.24. The molecule has 0 spiro atoms. The molecule has 0 aromatic heterocycles. The lowest BCUT2D eigenvalue weighted by Gasteiger charge is -2.36. The number of hydrogen-bond acceptors (Lipinski definition) is 5. The van der Waals surface area contributed by atoms with Gasteiger partial charge in [-0.05, 0) is 29.8 Å². The van der Waals surface area contributed by atoms with Gasteiger partial charge in [-0.3, -0.25) is 9.69 Å². The number of carbonyl (C=O) groups is 1. The summed E-state index contributed by atoms with van der Waals surface area (Å²) in [5.41, 5.74) is 0.319. The first-order valence-electron chi connectivity index (χ1n) is 10.4. The van der Waals surface area contributed by atoms with Crippen molar-refractivity contribution in [2.45, 2.75) is 17.6 Å². The molecule has 0 saturated carbocycles.